The molecule has 0 aromatic rings. The van der Waals surface area contributed by atoms with Gasteiger partial charge in [-0.05, 0) is 18.8 Å². The van der Waals surface area contributed by atoms with Crippen LogP contribution in [-0.4, -0.2) is 43.6 Å². The summed E-state index contributed by atoms with van der Waals surface area (Å²) in [6.07, 6.45) is 1.45. The fourth-order valence-corrected chi connectivity index (χ4v) is 1.79. The maximum absolute atomic E-state index is 11.7. The lowest BCUT2D eigenvalue weighted by molar-refractivity contribution is -0.122. The molecular formula is C11H23NO4S. The second-order valence-corrected chi connectivity index (χ2v) is 7.78. The number of nitrogens with one attached hydrogen (secondary N) is 1. The quantitative estimate of drug-likeness (QED) is 0.750. The molecule has 0 saturated heterocycles. The summed E-state index contributed by atoms with van der Waals surface area (Å²) >= 11 is 0. The molecule has 2 N–H and O–H groups in total. The Labute approximate surface area is 104 Å². The molecule has 6 heteroatoms. The van der Waals surface area contributed by atoms with Crippen LogP contribution in [0.15, 0.2) is 0 Å². The van der Waals surface area contributed by atoms with Crippen LogP contribution in [0.5, 0.6) is 0 Å². The highest BCUT2D eigenvalue weighted by Gasteiger charge is 2.30. The molecule has 0 radical (unpaired) electrons. The van der Waals surface area contributed by atoms with Gasteiger partial charge in [-0.2, -0.15) is 0 Å². The molecule has 2 atom stereocenters. The molecule has 0 rings (SSSR count). The van der Waals surface area contributed by atoms with Gasteiger partial charge in [-0.1, -0.05) is 20.8 Å². The zero-order valence-electron chi connectivity index (χ0n) is 11.1. The number of sulfone groups is 1. The minimum atomic E-state index is -3.38. The highest BCUT2D eigenvalue weighted by Crippen LogP contribution is 2.21. The Kier molecular flexibility index (Phi) is 5.61. The minimum Gasteiger partial charge on any atom is -0.396 e. The molecule has 0 aromatic heterocycles. The summed E-state index contributed by atoms with van der Waals surface area (Å²) < 4.78 is 22.5. The molecular weight excluding hydrogens is 242 g/mol. The van der Waals surface area contributed by atoms with E-state index in [1.807, 2.05) is 20.8 Å². The zero-order chi connectivity index (χ0) is 13.9. The Morgan fingerprint density at radius 2 is 1.82 bits per heavy atom. The fourth-order valence-electron chi connectivity index (χ4n) is 1.33. The van der Waals surface area contributed by atoms with E-state index in [2.05, 4.69) is 5.32 Å². The molecule has 0 saturated carbocycles. The first-order chi connectivity index (χ1) is 7.50. The van der Waals surface area contributed by atoms with Crippen molar-refractivity contribution in [3.63, 3.8) is 0 Å². The van der Waals surface area contributed by atoms with E-state index < -0.39 is 21.0 Å². The molecule has 0 aliphatic rings. The van der Waals surface area contributed by atoms with Crippen LogP contribution in [-0.2, 0) is 14.6 Å². The lowest BCUT2D eigenvalue weighted by Gasteiger charge is -2.31. The van der Waals surface area contributed by atoms with Crippen molar-refractivity contribution in [2.75, 3.05) is 12.9 Å². The summed E-state index contributed by atoms with van der Waals surface area (Å²) in [5.41, 5.74) is -0.227. The molecule has 5 nitrogen and oxygen atoms in total. The third kappa shape index (κ3) is 5.50. The van der Waals surface area contributed by atoms with E-state index in [1.54, 1.807) is 0 Å². The van der Waals surface area contributed by atoms with Gasteiger partial charge in [0, 0.05) is 18.9 Å². The molecule has 1 amide bonds. The molecule has 0 heterocycles. The molecule has 0 bridgehead atoms. The van der Waals surface area contributed by atoms with Crippen molar-refractivity contribution in [1.29, 1.82) is 0 Å². The molecule has 0 aliphatic carbocycles. The van der Waals surface area contributed by atoms with Gasteiger partial charge in [-0.25, -0.2) is 8.42 Å². The number of aliphatic hydroxyl groups is 1. The summed E-state index contributed by atoms with van der Waals surface area (Å²) in [5, 5.41) is 10.6. The van der Waals surface area contributed by atoms with E-state index in [-0.39, 0.29) is 18.1 Å². The van der Waals surface area contributed by atoms with Gasteiger partial charge in [0.25, 0.3) is 0 Å². The number of carbonyl (C=O) groups is 1. The van der Waals surface area contributed by atoms with Crippen molar-refractivity contribution in [1.82, 2.24) is 5.32 Å². The Balaban J connectivity index is 4.74. The van der Waals surface area contributed by atoms with Crippen LogP contribution >= 0.6 is 0 Å². The van der Waals surface area contributed by atoms with Gasteiger partial charge in [-0.15, -0.1) is 0 Å². The van der Waals surface area contributed by atoms with Crippen LogP contribution in [0, 0.1) is 5.41 Å². The fraction of sp³-hybridized carbons (Fsp3) is 0.909. The van der Waals surface area contributed by atoms with E-state index in [9.17, 15) is 13.2 Å². The molecule has 17 heavy (non-hydrogen) atoms. The van der Waals surface area contributed by atoms with E-state index in [0.717, 1.165) is 6.26 Å². The van der Waals surface area contributed by atoms with Crippen LogP contribution in [0.4, 0.5) is 0 Å². The maximum atomic E-state index is 11.7. The van der Waals surface area contributed by atoms with Gasteiger partial charge in [0.1, 0.15) is 5.25 Å². The summed E-state index contributed by atoms with van der Waals surface area (Å²) in [7, 11) is -3.38. The Morgan fingerprint density at radius 1 is 1.35 bits per heavy atom. The van der Waals surface area contributed by atoms with E-state index >= 15 is 0 Å². The lowest BCUT2D eigenvalue weighted by atomic mass is 9.85. The highest BCUT2D eigenvalue weighted by atomic mass is 32.2. The van der Waals surface area contributed by atoms with Gasteiger partial charge in [0.15, 0.2) is 9.84 Å². The largest absolute Gasteiger partial charge is 0.396 e. The van der Waals surface area contributed by atoms with Crippen LogP contribution < -0.4 is 5.32 Å². The van der Waals surface area contributed by atoms with Gasteiger partial charge < -0.3 is 10.4 Å². The van der Waals surface area contributed by atoms with Crippen molar-refractivity contribution in [2.24, 2.45) is 5.41 Å². The van der Waals surface area contributed by atoms with Crippen LogP contribution in [0.3, 0.4) is 0 Å². The number of rotatable bonds is 5. The van der Waals surface area contributed by atoms with Crippen molar-refractivity contribution >= 4 is 15.7 Å². The van der Waals surface area contributed by atoms with Crippen LogP contribution in [0.25, 0.3) is 0 Å². The van der Waals surface area contributed by atoms with Crippen molar-refractivity contribution in [2.45, 2.75) is 45.4 Å². The van der Waals surface area contributed by atoms with E-state index in [1.165, 1.54) is 6.92 Å². The summed E-state index contributed by atoms with van der Waals surface area (Å²) in [6.45, 7) is 7.11. The molecule has 0 fully saturated rings. The maximum Gasteiger partial charge on any atom is 0.238 e. The Hall–Kier alpha value is -0.620. The van der Waals surface area contributed by atoms with Gasteiger partial charge in [0.05, 0.1) is 0 Å². The van der Waals surface area contributed by atoms with Crippen LogP contribution in [0.2, 0.25) is 0 Å². The lowest BCUT2D eigenvalue weighted by Crippen LogP contribution is -2.48. The Bertz CT molecular complexity index is 356. The van der Waals surface area contributed by atoms with Crippen LogP contribution in [0.1, 0.15) is 34.1 Å². The molecule has 102 valence electrons. The monoisotopic (exact) mass is 265 g/mol. The number of aliphatic hydroxyl groups excluding tert-OH is 1. The number of amides is 1. The average molecular weight is 265 g/mol. The van der Waals surface area contributed by atoms with Gasteiger partial charge in [-0.3, -0.25) is 4.79 Å². The molecule has 0 spiro atoms. The minimum absolute atomic E-state index is 0.0462. The topological polar surface area (TPSA) is 83.5 Å². The van der Waals surface area contributed by atoms with E-state index in [0.29, 0.717) is 6.42 Å². The van der Waals surface area contributed by atoms with E-state index in [4.69, 9.17) is 5.11 Å². The SMILES string of the molecule is CC(C(=O)NC(CCO)C(C)(C)C)S(C)(=O)=O. The normalized spacial score (nSPS) is 16.4. The van der Waals surface area contributed by atoms with Gasteiger partial charge in [0.2, 0.25) is 5.91 Å². The first-order valence-corrected chi connectivity index (χ1v) is 7.55. The number of carbonyl (C=O) groups excluding carboxylic acids is 1. The number of hydrogen-bond acceptors (Lipinski definition) is 4. The first kappa shape index (κ1) is 16.4. The van der Waals surface area contributed by atoms with Crippen molar-refractivity contribution in [3.8, 4) is 0 Å². The highest BCUT2D eigenvalue weighted by molar-refractivity contribution is 7.92. The molecule has 0 aromatic carbocycles. The second-order valence-electron chi connectivity index (χ2n) is 5.41. The predicted octanol–water partition coefficient (Wildman–Crippen LogP) is 0.333. The summed E-state index contributed by atoms with van der Waals surface area (Å²) in [4.78, 5) is 11.7. The summed E-state index contributed by atoms with van der Waals surface area (Å²) in [5.74, 6) is -0.513. The smallest absolute Gasteiger partial charge is 0.238 e. The van der Waals surface area contributed by atoms with Crippen molar-refractivity contribution < 1.29 is 18.3 Å². The summed E-state index contributed by atoms with van der Waals surface area (Å²) in [6, 6.07) is -0.246. The molecule has 2 unspecified atom stereocenters. The Morgan fingerprint density at radius 3 is 2.12 bits per heavy atom. The third-order valence-corrected chi connectivity index (χ3v) is 4.29. The zero-order valence-corrected chi connectivity index (χ0v) is 12.0. The average Bonchev–Trinajstić information content (AvgIpc) is 2.12. The van der Waals surface area contributed by atoms with Gasteiger partial charge >= 0.3 is 0 Å². The first-order valence-electron chi connectivity index (χ1n) is 5.60. The molecule has 0 aliphatic heterocycles. The predicted molar refractivity (Wildman–Crippen MR) is 67.4 cm³/mol. The van der Waals surface area contributed by atoms with Crippen molar-refractivity contribution in [3.05, 3.63) is 0 Å². The second kappa shape index (κ2) is 5.82. The standard InChI is InChI=1S/C11H23NO4S/c1-8(17(5,15)16)10(14)12-9(6-7-13)11(2,3)4/h8-9,13H,6-7H2,1-5H3,(H,12,14). The third-order valence-electron chi connectivity index (χ3n) is 2.79. The number of hydrogen-bond donors (Lipinski definition) is 2.